The van der Waals surface area contributed by atoms with Gasteiger partial charge >= 0.3 is 0 Å². The Kier molecular flexibility index (Phi) is 24.7. The molecule has 2 heterocycles. The summed E-state index contributed by atoms with van der Waals surface area (Å²) in [6.07, 6.45) is 3.11. The van der Waals surface area contributed by atoms with Gasteiger partial charge in [0.25, 0.3) is 0 Å². The van der Waals surface area contributed by atoms with Crippen molar-refractivity contribution >= 4 is 75.7 Å². The molecule has 75 heavy (non-hydrogen) atoms. The van der Waals surface area contributed by atoms with Gasteiger partial charge in [0, 0.05) is 68.3 Å². The topological polar surface area (TPSA) is 396 Å². The second-order valence-corrected chi connectivity index (χ2v) is 19.0. The van der Waals surface area contributed by atoms with E-state index in [0.29, 0.717) is 24.8 Å². The van der Waals surface area contributed by atoms with Crippen LogP contribution in [0.3, 0.4) is 0 Å². The molecule has 1 aliphatic heterocycles. The van der Waals surface area contributed by atoms with Crippen molar-refractivity contribution in [3.05, 3.63) is 71.9 Å². The van der Waals surface area contributed by atoms with Crippen LogP contribution in [-0.2, 0) is 56.0 Å². The van der Waals surface area contributed by atoms with Crippen LogP contribution in [0.1, 0.15) is 108 Å². The van der Waals surface area contributed by atoms with Crippen molar-refractivity contribution in [3.63, 3.8) is 0 Å². The lowest BCUT2D eigenvalue weighted by atomic mass is 9.83. The summed E-state index contributed by atoms with van der Waals surface area (Å²) < 4.78 is 0. The number of aromatic amines is 1. The van der Waals surface area contributed by atoms with E-state index in [4.69, 9.17) is 28.7 Å². The van der Waals surface area contributed by atoms with E-state index in [-0.39, 0.29) is 102 Å². The third kappa shape index (κ3) is 20.9. The van der Waals surface area contributed by atoms with E-state index < -0.39 is 101 Å². The first-order chi connectivity index (χ1) is 35.8. The van der Waals surface area contributed by atoms with Gasteiger partial charge in [0.1, 0.15) is 30.0 Å². The SMILES string of the molecule is CCCC[C@@H]1NC(=O)[C@@H](NC(=O)[C@H](CCCN=C(N)N)NC(C)=O)CC(=O)NCCCC[C@@H](C(N)=O)NC(=O)[C@H](Cc2c[nH]c3ccccc23)CC(=O)[C@H](CCCN=C(N)N)CC(=O)[C@@H](Cc2ccccc2)NC1=O. The Hall–Kier alpha value is -7.85. The summed E-state index contributed by atoms with van der Waals surface area (Å²) in [6, 6.07) is 9.97. The van der Waals surface area contributed by atoms with Gasteiger partial charge in [-0.15, -0.1) is 0 Å². The number of aromatic nitrogens is 1. The van der Waals surface area contributed by atoms with Gasteiger partial charge in [-0.3, -0.25) is 53.1 Å². The lowest BCUT2D eigenvalue weighted by molar-refractivity contribution is -0.136. The minimum Gasteiger partial charge on any atom is -0.370 e. The molecule has 408 valence electrons. The number of rotatable bonds is 19. The first kappa shape index (κ1) is 59.7. The molecule has 0 saturated carbocycles. The number of aliphatic imine (C=N–C) groups is 2. The van der Waals surface area contributed by atoms with Crippen molar-refractivity contribution in [2.24, 2.45) is 50.5 Å². The smallest absolute Gasteiger partial charge is 0.243 e. The van der Waals surface area contributed by atoms with E-state index in [9.17, 15) is 43.2 Å². The highest BCUT2D eigenvalue weighted by Crippen LogP contribution is 2.26. The van der Waals surface area contributed by atoms with Crippen molar-refractivity contribution in [3.8, 4) is 0 Å². The number of primary amides is 1. The maximum atomic E-state index is 14.8. The van der Waals surface area contributed by atoms with E-state index in [1.165, 1.54) is 6.92 Å². The molecule has 3 aromatic rings. The number of hydrogen-bond acceptors (Lipinski definition) is 11. The molecule has 0 aliphatic carbocycles. The summed E-state index contributed by atoms with van der Waals surface area (Å²) >= 11 is 0. The Balaban J connectivity index is 1.77. The number of hydrogen-bond donors (Lipinski definition) is 12. The molecule has 1 fully saturated rings. The minimum absolute atomic E-state index is 0.00143. The molecule has 0 bridgehead atoms. The van der Waals surface area contributed by atoms with Crippen LogP contribution in [-0.4, -0.2) is 120 Å². The molecule has 0 radical (unpaired) electrons. The summed E-state index contributed by atoms with van der Waals surface area (Å²) in [4.78, 5) is 136. The van der Waals surface area contributed by atoms with Crippen LogP contribution in [0, 0.1) is 11.8 Å². The Morgan fingerprint density at radius 1 is 0.707 bits per heavy atom. The van der Waals surface area contributed by atoms with Crippen LogP contribution in [0.15, 0.2) is 70.8 Å². The molecule has 4 rings (SSSR count). The van der Waals surface area contributed by atoms with Crippen LogP contribution >= 0.6 is 0 Å². The fraction of sp³-hybridized carbons (Fsp3) is 0.519. The minimum atomic E-state index is -1.57. The quantitative estimate of drug-likeness (QED) is 0.0429. The number of nitrogens with two attached hydrogens (primary N) is 5. The molecule has 1 aliphatic rings. The highest BCUT2D eigenvalue weighted by molar-refractivity contribution is 5.99. The van der Waals surface area contributed by atoms with Crippen LogP contribution in [0.5, 0.6) is 0 Å². The number of H-pyrrole nitrogens is 1. The highest BCUT2D eigenvalue weighted by Gasteiger charge is 2.35. The number of guanidine groups is 2. The second kappa shape index (κ2) is 31.0. The number of carbonyl (C=O) groups excluding carboxylic acids is 9. The molecular formula is C52H76N14O9. The third-order valence-corrected chi connectivity index (χ3v) is 12.9. The molecule has 23 nitrogen and oxygen atoms in total. The fourth-order valence-corrected chi connectivity index (χ4v) is 8.89. The van der Waals surface area contributed by atoms with E-state index in [1.807, 2.05) is 31.2 Å². The van der Waals surface area contributed by atoms with E-state index >= 15 is 0 Å². The predicted octanol–water partition coefficient (Wildman–Crippen LogP) is 0.0207. The van der Waals surface area contributed by atoms with E-state index in [2.05, 4.69) is 46.9 Å². The van der Waals surface area contributed by atoms with Gasteiger partial charge < -0.3 is 65.6 Å². The lowest BCUT2D eigenvalue weighted by Gasteiger charge is -2.27. The van der Waals surface area contributed by atoms with Crippen molar-refractivity contribution < 1.29 is 43.2 Å². The zero-order valence-corrected chi connectivity index (χ0v) is 43.0. The Bertz CT molecular complexity index is 2490. The van der Waals surface area contributed by atoms with Gasteiger partial charge in [0.2, 0.25) is 41.4 Å². The summed E-state index contributed by atoms with van der Waals surface area (Å²) in [5.74, 6) is -8.31. The number of unbranched alkanes of at least 4 members (excludes halogenated alkanes) is 1. The molecule has 7 atom stereocenters. The Morgan fingerprint density at radius 3 is 2.05 bits per heavy atom. The standard InChI is InChI=1S/C52H76N14O9/c1-3-4-18-40-49(74)65-41(25-32-14-6-5-7-15-32)44(69)27-33(16-12-23-59-51(54)55)43(68)28-34(26-35-30-61-37-19-9-8-17-36(35)37)47(72)63-38(46(53)71)20-10-11-22-58-45(70)29-42(50(75)64-40)66-48(73)39(62-31(2)67)21-13-24-60-52(56)57/h5-9,14-15,17,19,30,33-34,38-42,61H,3-4,10-13,16,18,20-29H2,1-2H3,(H2,53,71)(H,58,70)(H,62,67)(H,63,72)(H,64,75)(H,65,74)(H,66,73)(H4,54,55,59)(H4,56,57,60)/t33-,34-,38+,39+,40+,41-,42+/m1/s1. The number of Topliss-reactive ketones (excluding diaryl/α,β-unsaturated/α-hetero) is 2. The molecule has 17 N–H and O–H groups in total. The zero-order valence-electron chi connectivity index (χ0n) is 43.0. The van der Waals surface area contributed by atoms with Gasteiger partial charge in [-0.25, -0.2) is 0 Å². The summed E-state index contributed by atoms with van der Waals surface area (Å²) in [5.41, 5.74) is 30.2. The number of benzene rings is 2. The molecule has 1 saturated heterocycles. The number of fused-ring (bicyclic) bond motifs is 1. The largest absolute Gasteiger partial charge is 0.370 e. The fourth-order valence-electron chi connectivity index (χ4n) is 8.89. The number of para-hydroxylation sites is 1. The van der Waals surface area contributed by atoms with Crippen molar-refractivity contribution in [2.45, 2.75) is 140 Å². The van der Waals surface area contributed by atoms with Crippen LogP contribution in [0.2, 0.25) is 0 Å². The van der Waals surface area contributed by atoms with Crippen molar-refractivity contribution in [1.29, 1.82) is 0 Å². The van der Waals surface area contributed by atoms with Crippen molar-refractivity contribution in [1.82, 2.24) is 36.9 Å². The number of nitrogens with zero attached hydrogens (tertiary/aromatic N) is 2. The summed E-state index contributed by atoms with van der Waals surface area (Å²) in [5, 5.41) is 17.0. The molecule has 0 spiro atoms. The van der Waals surface area contributed by atoms with Gasteiger partial charge in [-0.1, -0.05) is 68.3 Å². The molecular weight excluding hydrogens is 965 g/mol. The third-order valence-electron chi connectivity index (χ3n) is 12.9. The first-order valence-corrected chi connectivity index (χ1v) is 25.6. The average Bonchev–Trinajstić information content (AvgIpc) is 3.77. The van der Waals surface area contributed by atoms with Gasteiger partial charge in [0.15, 0.2) is 17.7 Å². The van der Waals surface area contributed by atoms with Crippen LogP contribution in [0.25, 0.3) is 10.9 Å². The van der Waals surface area contributed by atoms with Gasteiger partial charge in [-0.2, -0.15) is 0 Å². The van der Waals surface area contributed by atoms with E-state index in [0.717, 1.165) is 16.5 Å². The van der Waals surface area contributed by atoms with Gasteiger partial charge in [-0.05, 0) is 81.4 Å². The molecule has 1 aromatic heterocycles. The molecule has 0 unspecified atom stereocenters. The molecule has 23 heteroatoms. The van der Waals surface area contributed by atoms with Crippen LogP contribution in [0.4, 0.5) is 0 Å². The summed E-state index contributed by atoms with van der Waals surface area (Å²) in [6.45, 7) is 3.42. The van der Waals surface area contributed by atoms with Gasteiger partial charge in [0.05, 0.1) is 12.5 Å². The maximum absolute atomic E-state index is 14.8. The monoisotopic (exact) mass is 1040 g/mol. The normalized spacial score (nSPS) is 21.3. The highest BCUT2D eigenvalue weighted by atomic mass is 16.2. The lowest BCUT2D eigenvalue weighted by Crippen LogP contribution is -2.58. The molecule has 2 aromatic carbocycles. The molecule has 7 amide bonds. The summed E-state index contributed by atoms with van der Waals surface area (Å²) in [7, 11) is 0. The Morgan fingerprint density at radius 2 is 1.37 bits per heavy atom. The Labute approximate surface area is 436 Å². The first-order valence-electron chi connectivity index (χ1n) is 25.6. The van der Waals surface area contributed by atoms with Crippen LogP contribution < -0.4 is 60.6 Å². The average molecular weight is 1040 g/mol. The number of ketones is 2. The number of amides is 7. The van der Waals surface area contributed by atoms with E-state index in [1.54, 1.807) is 36.5 Å². The van der Waals surface area contributed by atoms with Crippen molar-refractivity contribution in [2.75, 3.05) is 19.6 Å². The maximum Gasteiger partial charge on any atom is 0.243 e. The number of nitrogens with one attached hydrogen (secondary N) is 7. The second-order valence-electron chi connectivity index (χ2n) is 19.0. The predicted molar refractivity (Wildman–Crippen MR) is 284 cm³/mol. The zero-order chi connectivity index (χ0) is 54.9. The number of carbonyl (C=O) groups is 9.